The van der Waals surface area contributed by atoms with E-state index < -0.39 is 0 Å². The van der Waals surface area contributed by atoms with Crippen LogP contribution in [0.25, 0.3) is 0 Å². The van der Waals surface area contributed by atoms with Crippen molar-refractivity contribution in [3.05, 3.63) is 48.3 Å². The Labute approximate surface area is 186 Å². The van der Waals surface area contributed by atoms with E-state index in [0.29, 0.717) is 29.7 Å². The highest BCUT2D eigenvalue weighted by molar-refractivity contribution is 5.91. The van der Waals surface area contributed by atoms with Crippen LogP contribution in [0.4, 0.5) is 11.6 Å². The summed E-state index contributed by atoms with van der Waals surface area (Å²) in [5.74, 6) is 2.90. The highest BCUT2D eigenvalue weighted by Crippen LogP contribution is 2.28. The molecule has 0 unspecified atom stereocenters. The second kappa shape index (κ2) is 11.8. The van der Waals surface area contributed by atoms with Gasteiger partial charge in [-0.1, -0.05) is 6.07 Å². The first-order valence-electron chi connectivity index (χ1n) is 9.50. The van der Waals surface area contributed by atoms with Gasteiger partial charge in [0.15, 0.2) is 17.6 Å². The molecule has 0 radical (unpaired) electrons. The molecule has 12 heteroatoms. The summed E-state index contributed by atoms with van der Waals surface area (Å²) in [4.78, 5) is 8.13. The van der Waals surface area contributed by atoms with Crippen molar-refractivity contribution in [2.75, 3.05) is 26.6 Å². The zero-order valence-electron chi connectivity index (χ0n) is 18.8. The lowest BCUT2D eigenvalue weighted by Gasteiger charge is -2.11. The highest BCUT2D eigenvalue weighted by Gasteiger charge is 2.09. The van der Waals surface area contributed by atoms with Crippen molar-refractivity contribution < 1.29 is 14.2 Å². The average Bonchev–Trinajstić information content (AvgIpc) is 3.39. The number of amidine groups is 1. The van der Waals surface area contributed by atoms with Crippen LogP contribution in [0.1, 0.15) is 5.56 Å². The summed E-state index contributed by atoms with van der Waals surface area (Å²) in [5, 5.41) is 11.1. The topological polar surface area (TPSA) is 152 Å². The van der Waals surface area contributed by atoms with Crippen molar-refractivity contribution in [3.63, 3.8) is 0 Å². The zero-order chi connectivity index (χ0) is 23.5. The first-order chi connectivity index (χ1) is 15.4. The molecule has 2 aromatic heterocycles. The Morgan fingerprint density at radius 3 is 2.09 bits per heavy atom. The maximum atomic E-state index is 5.85. The van der Waals surface area contributed by atoms with Gasteiger partial charge in [-0.3, -0.25) is 9.36 Å². The van der Waals surface area contributed by atoms with E-state index in [1.165, 1.54) is 7.11 Å². The van der Waals surface area contributed by atoms with Gasteiger partial charge in [0.1, 0.15) is 11.5 Å². The molecular weight excluding hydrogens is 414 g/mol. The molecule has 0 aliphatic rings. The van der Waals surface area contributed by atoms with E-state index in [0.717, 1.165) is 5.56 Å². The Bertz CT molecular complexity index is 1030. The molecule has 0 spiro atoms. The summed E-state index contributed by atoms with van der Waals surface area (Å²) >= 11 is 0. The number of rotatable bonds is 6. The number of anilines is 1. The molecule has 3 rings (SSSR count). The molecule has 0 aliphatic heterocycles. The standard InChI is InChI=1S/C14H19N5O2.C6H10N4O/c1-19-8-7-13(18-19)17-14(15)16-9-10-11(20-2)5-4-6-12(10)21-3;1-10-4-3-5(9-10)8-6(7)11-2/h4-8H,9H2,1-3H3,(H3,15,16,17,18);3-4H,1-2H3,(H2,7,8,9). The Balaban J connectivity index is 0.000000278. The van der Waals surface area contributed by atoms with Crippen LogP contribution in [0.5, 0.6) is 11.5 Å². The Kier molecular flexibility index (Phi) is 8.90. The third-order valence-corrected chi connectivity index (χ3v) is 4.04. The Hall–Kier alpha value is -4.22. The molecule has 0 saturated heterocycles. The SMILES string of the molecule is COC(N)=Nc1ccn(C)n1.COc1cccc(OC)c1CN=C(N)Nc1ccn(C)n1. The predicted octanol–water partition coefficient (Wildman–Crippen LogP) is 1.38. The van der Waals surface area contributed by atoms with Crippen LogP contribution in [0.2, 0.25) is 0 Å². The number of aromatic nitrogens is 4. The third kappa shape index (κ3) is 7.23. The van der Waals surface area contributed by atoms with E-state index in [1.807, 2.05) is 44.6 Å². The van der Waals surface area contributed by atoms with Crippen LogP contribution in [-0.2, 0) is 25.4 Å². The molecule has 0 aliphatic carbocycles. The first kappa shape index (κ1) is 24.1. The quantitative estimate of drug-likeness (QED) is 0.382. The Morgan fingerprint density at radius 1 is 0.969 bits per heavy atom. The molecule has 0 saturated carbocycles. The van der Waals surface area contributed by atoms with E-state index in [2.05, 4.69) is 30.2 Å². The first-order valence-corrected chi connectivity index (χ1v) is 9.50. The van der Waals surface area contributed by atoms with Gasteiger partial charge in [-0.05, 0) is 12.1 Å². The van der Waals surface area contributed by atoms with Gasteiger partial charge in [-0.2, -0.15) is 15.2 Å². The smallest absolute Gasteiger partial charge is 0.288 e. The lowest BCUT2D eigenvalue weighted by atomic mass is 10.2. The maximum absolute atomic E-state index is 5.85. The number of benzene rings is 1. The van der Waals surface area contributed by atoms with E-state index in [4.69, 9.17) is 20.9 Å². The predicted molar refractivity (Wildman–Crippen MR) is 123 cm³/mol. The van der Waals surface area contributed by atoms with Crippen LogP contribution in [0.15, 0.2) is 52.7 Å². The number of methoxy groups -OCH3 is 3. The maximum Gasteiger partial charge on any atom is 0.288 e. The second-order valence-corrected chi connectivity index (χ2v) is 6.34. The van der Waals surface area contributed by atoms with Crippen molar-refractivity contribution in [2.24, 2.45) is 35.5 Å². The van der Waals surface area contributed by atoms with E-state index in [1.54, 1.807) is 35.8 Å². The minimum absolute atomic E-state index is 0.115. The van der Waals surface area contributed by atoms with Crippen molar-refractivity contribution in [2.45, 2.75) is 6.54 Å². The fourth-order valence-corrected chi connectivity index (χ4v) is 2.52. The number of guanidine groups is 1. The van der Waals surface area contributed by atoms with Gasteiger partial charge in [-0.15, -0.1) is 0 Å². The number of ether oxygens (including phenoxy) is 3. The van der Waals surface area contributed by atoms with Gasteiger partial charge >= 0.3 is 0 Å². The van der Waals surface area contributed by atoms with E-state index >= 15 is 0 Å². The van der Waals surface area contributed by atoms with Crippen LogP contribution >= 0.6 is 0 Å². The van der Waals surface area contributed by atoms with Crippen LogP contribution < -0.4 is 26.3 Å². The number of aliphatic imine (C=N–C) groups is 2. The molecular formula is C20H29N9O3. The minimum atomic E-state index is 0.115. The number of nitrogens with one attached hydrogen (secondary N) is 1. The molecule has 172 valence electrons. The summed E-state index contributed by atoms with van der Waals surface area (Å²) in [6, 6.07) is 9.24. The van der Waals surface area contributed by atoms with Gasteiger partial charge in [0, 0.05) is 38.6 Å². The normalized spacial score (nSPS) is 11.4. The van der Waals surface area contributed by atoms with Crippen LogP contribution in [0.3, 0.4) is 0 Å². The largest absolute Gasteiger partial charge is 0.496 e. The van der Waals surface area contributed by atoms with Gasteiger partial charge < -0.3 is 31.0 Å². The lowest BCUT2D eigenvalue weighted by Crippen LogP contribution is -2.23. The minimum Gasteiger partial charge on any atom is -0.496 e. The molecule has 0 bridgehead atoms. The molecule has 0 atom stereocenters. The second-order valence-electron chi connectivity index (χ2n) is 6.34. The molecule has 12 nitrogen and oxygen atoms in total. The third-order valence-electron chi connectivity index (χ3n) is 4.04. The number of nitrogens with two attached hydrogens (primary N) is 2. The Morgan fingerprint density at radius 2 is 1.59 bits per heavy atom. The van der Waals surface area contributed by atoms with Gasteiger partial charge in [-0.25, -0.2) is 4.99 Å². The summed E-state index contributed by atoms with van der Waals surface area (Å²) in [5.41, 5.74) is 12.0. The van der Waals surface area contributed by atoms with Crippen molar-refractivity contribution in [1.82, 2.24) is 19.6 Å². The van der Waals surface area contributed by atoms with E-state index in [9.17, 15) is 0 Å². The summed E-state index contributed by atoms with van der Waals surface area (Å²) in [6.07, 6.45) is 3.60. The molecule has 2 heterocycles. The monoisotopic (exact) mass is 443 g/mol. The van der Waals surface area contributed by atoms with Gasteiger partial charge in [0.05, 0.1) is 33.4 Å². The molecule has 3 aromatic rings. The van der Waals surface area contributed by atoms with E-state index in [-0.39, 0.29) is 12.0 Å². The number of nitrogens with zero attached hydrogens (tertiary/aromatic N) is 6. The van der Waals surface area contributed by atoms with Crippen LogP contribution in [-0.4, -0.2) is 52.9 Å². The van der Waals surface area contributed by atoms with Crippen LogP contribution in [0, 0.1) is 0 Å². The fraction of sp³-hybridized carbons (Fsp3) is 0.300. The number of hydrogen-bond acceptors (Lipinski definition) is 7. The molecule has 5 N–H and O–H groups in total. The molecule has 1 aromatic carbocycles. The summed E-state index contributed by atoms with van der Waals surface area (Å²) in [6.45, 7) is 0.346. The van der Waals surface area contributed by atoms with Crippen molar-refractivity contribution in [3.8, 4) is 11.5 Å². The number of aryl methyl sites for hydroxylation is 2. The number of hydrogen-bond donors (Lipinski definition) is 3. The summed E-state index contributed by atoms with van der Waals surface area (Å²) < 4.78 is 18.6. The van der Waals surface area contributed by atoms with Crippen molar-refractivity contribution >= 4 is 23.6 Å². The van der Waals surface area contributed by atoms with Gasteiger partial charge in [0.25, 0.3) is 6.02 Å². The molecule has 32 heavy (non-hydrogen) atoms. The molecule has 0 fully saturated rings. The fourth-order valence-electron chi connectivity index (χ4n) is 2.52. The van der Waals surface area contributed by atoms with Crippen molar-refractivity contribution in [1.29, 1.82) is 0 Å². The van der Waals surface area contributed by atoms with Gasteiger partial charge in [0.2, 0.25) is 0 Å². The highest BCUT2D eigenvalue weighted by atomic mass is 16.5. The average molecular weight is 444 g/mol. The zero-order valence-corrected chi connectivity index (χ0v) is 18.8. The summed E-state index contributed by atoms with van der Waals surface area (Å²) in [7, 11) is 8.32. The molecule has 0 amide bonds. The lowest BCUT2D eigenvalue weighted by molar-refractivity contribution is 0.385.